The Balaban J connectivity index is 2.77. The van der Waals surface area contributed by atoms with E-state index in [1.165, 1.54) is 0 Å². The molecule has 0 bridgehead atoms. The van der Waals surface area contributed by atoms with Crippen molar-refractivity contribution in [3.63, 3.8) is 0 Å². The van der Waals surface area contributed by atoms with Crippen LogP contribution in [-0.2, 0) is 4.79 Å². The van der Waals surface area contributed by atoms with E-state index in [1.807, 2.05) is 18.2 Å². The zero-order valence-corrected chi connectivity index (χ0v) is 13.2. The zero-order chi connectivity index (χ0) is 16.2. The summed E-state index contributed by atoms with van der Waals surface area (Å²) in [6.07, 6.45) is 0. The van der Waals surface area contributed by atoms with Crippen molar-refractivity contribution in [2.45, 2.75) is 46.6 Å². The van der Waals surface area contributed by atoms with Crippen LogP contribution in [0.1, 0.15) is 46.1 Å². The van der Waals surface area contributed by atoms with E-state index >= 15 is 0 Å². The highest BCUT2D eigenvalue weighted by atomic mass is 16.4. The summed E-state index contributed by atoms with van der Waals surface area (Å²) in [5, 5.41) is 14.4. The van der Waals surface area contributed by atoms with Crippen molar-refractivity contribution in [2.24, 2.45) is 5.41 Å². The number of carboxylic acid groups (broad SMARTS) is 1. The minimum atomic E-state index is -1.05. The summed E-state index contributed by atoms with van der Waals surface area (Å²) in [5.41, 5.74) is 1.19. The molecule has 0 aromatic heterocycles. The molecule has 1 rings (SSSR count). The number of urea groups is 1. The lowest BCUT2D eigenvalue weighted by Crippen LogP contribution is -2.50. The molecule has 116 valence electrons. The Hall–Kier alpha value is -2.04. The summed E-state index contributed by atoms with van der Waals surface area (Å²) in [6, 6.07) is 6.05. The number of benzene rings is 1. The van der Waals surface area contributed by atoms with Crippen LogP contribution in [0, 0.1) is 5.41 Å². The van der Waals surface area contributed by atoms with Crippen LogP contribution in [-0.4, -0.2) is 23.1 Å². The number of hydrogen-bond donors (Lipinski definition) is 3. The van der Waals surface area contributed by atoms with E-state index in [2.05, 4.69) is 24.5 Å². The van der Waals surface area contributed by atoms with Gasteiger partial charge in [0.25, 0.3) is 0 Å². The first-order valence-electron chi connectivity index (χ1n) is 7.01. The highest BCUT2D eigenvalue weighted by Gasteiger charge is 2.32. The molecular weight excluding hydrogens is 268 g/mol. The smallest absolute Gasteiger partial charge is 0.326 e. The first-order valence-corrected chi connectivity index (χ1v) is 7.01. The molecule has 5 nitrogen and oxygen atoms in total. The predicted molar refractivity (Wildman–Crippen MR) is 83.6 cm³/mol. The predicted octanol–water partition coefficient (Wildman–Crippen LogP) is 3.43. The number of rotatable bonds is 4. The van der Waals surface area contributed by atoms with Crippen molar-refractivity contribution < 1.29 is 14.7 Å². The molecule has 5 heteroatoms. The van der Waals surface area contributed by atoms with Gasteiger partial charge in [0.2, 0.25) is 0 Å². The van der Waals surface area contributed by atoms with Crippen LogP contribution in [0.15, 0.2) is 24.3 Å². The molecule has 2 amide bonds. The minimum absolute atomic E-state index is 0.358. The van der Waals surface area contributed by atoms with E-state index in [-0.39, 0.29) is 0 Å². The molecule has 0 aliphatic carbocycles. The summed E-state index contributed by atoms with van der Waals surface area (Å²) in [6.45, 7) is 9.45. The average Bonchev–Trinajstić information content (AvgIpc) is 2.34. The van der Waals surface area contributed by atoms with Gasteiger partial charge in [0, 0.05) is 5.69 Å². The van der Waals surface area contributed by atoms with Crippen LogP contribution in [0.5, 0.6) is 0 Å². The quantitative estimate of drug-likeness (QED) is 0.795. The fraction of sp³-hybridized carbons (Fsp3) is 0.500. The fourth-order valence-electron chi connectivity index (χ4n) is 1.92. The van der Waals surface area contributed by atoms with Crippen LogP contribution in [0.3, 0.4) is 0 Å². The fourth-order valence-corrected chi connectivity index (χ4v) is 1.92. The Morgan fingerprint density at radius 3 is 2.29 bits per heavy atom. The molecule has 0 aliphatic rings. The van der Waals surface area contributed by atoms with E-state index in [9.17, 15) is 14.7 Å². The number of carbonyl (C=O) groups is 2. The van der Waals surface area contributed by atoms with E-state index in [0.717, 1.165) is 5.56 Å². The Morgan fingerprint density at radius 2 is 1.81 bits per heavy atom. The molecule has 0 aliphatic heterocycles. The highest BCUT2D eigenvalue weighted by molar-refractivity contribution is 5.92. The number of nitrogens with one attached hydrogen (secondary N) is 2. The molecule has 0 saturated carbocycles. The van der Waals surface area contributed by atoms with Gasteiger partial charge >= 0.3 is 12.0 Å². The Bertz CT molecular complexity index is 518. The van der Waals surface area contributed by atoms with Gasteiger partial charge in [0.15, 0.2) is 0 Å². The first-order chi connectivity index (χ1) is 9.61. The number of hydrogen-bond acceptors (Lipinski definition) is 2. The summed E-state index contributed by atoms with van der Waals surface area (Å²) >= 11 is 0. The second-order valence-corrected chi connectivity index (χ2v) is 6.52. The van der Waals surface area contributed by atoms with Crippen LogP contribution in [0.2, 0.25) is 0 Å². The van der Waals surface area contributed by atoms with E-state index < -0.39 is 23.5 Å². The molecule has 0 spiro atoms. The molecular formula is C16H24N2O3. The lowest BCUT2D eigenvalue weighted by molar-refractivity contribution is -0.141. The third-order valence-corrected chi connectivity index (χ3v) is 3.20. The van der Waals surface area contributed by atoms with Crippen molar-refractivity contribution in [3.8, 4) is 0 Å². The molecule has 0 radical (unpaired) electrons. The average molecular weight is 292 g/mol. The maximum Gasteiger partial charge on any atom is 0.326 e. The van der Waals surface area contributed by atoms with Gasteiger partial charge in [-0.25, -0.2) is 9.59 Å². The van der Waals surface area contributed by atoms with E-state index in [0.29, 0.717) is 11.6 Å². The van der Waals surface area contributed by atoms with Crippen LogP contribution < -0.4 is 10.6 Å². The third-order valence-electron chi connectivity index (χ3n) is 3.20. The molecule has 3 N–H and O–H groups in total. The van der Waals surface area contributed by atoms with Gasteiger partial charge in [-0.05, 0) is 29.0 Å². The normalized spacial score (nSPS) is 12.9. The van der Waals surface area contributed by atoms with Crippen LogP contribution >= 0.6 is 0 Å². The van der Waals surface area contributed by atoms with Crippen molar-refractivity contribution in [1.82, 2.24) is 5.32 Å². The largest absolute Gasteiger partial charge is 0.480 e. The molecule has 0 unspecified atom stereocenters. The van der Waals surface area contributed by atoms with Gasteiger partial charge in [-0.1, -0.05) is 46.8 Å². The molecule has 1 atom stereocenters. The molecule has 0 fully saturated rings. The lowest BCUT2D eigenvalue weighted by Gasteiger charge is -2.27. The second kappa shape index (κ2) is 6.61. The summed E-state index contributed by atoms with van der Waals surface area (Å²) in [7, 11) is 0. The number of aliphatic carboxylic acids is 1. The topological polar surface area (TPSA) is 78.4 Å². The van der Waals surface area contributed by atoms with Crippen molar-refractivity contribution in [2.75, 3.05) is 5.32 Å². The number of amides is 2. The lowest BCUT2D eigenvalue weighted by atomic mass is 9.87. The monoisotopic (exact) mass is 292 g/mol. The van der Waals surface area contributed by atoms with E-state index in [1.54, 1.807) is 26.8 Å². The standard InChI is InChI=1S/C16H24N2O3/c1-10(2)11-7-6-8-12(9-11)17-15(21)18-13(14(19)20)16(3,4)5/h6-10,13H,1-5H3,(H,19,20)(H2,17,18,21)/t13-/m0/s1. The minimum Gasteiger partial charge on any atom is -0.480 e. The zero-order valence-electron chi connectivity index (χ0n) is 13.2. The molecule has 1 aromatic carbocycles. The van der Waals surface area contributed by atoms with Crippen LogP contribution in [0.4, 0.5) is 10.5 Å². The Kier molecular flexibility index (Phi) is 5.35. The highest BCUT2D eigenvalue weighted by Crippen LogP contribution is 2.21. The molecule has 1 aromatic rings. The van der Waals surface area contributed by atoms with Gasteiger partial charge < -0.3 is 15.7 Å². The van der Waals surface area contributed by atoms with Crippen molar-refractivity contribution in [1.29, 1.82) is 0 Å². The van der Waals surface area contributed by atoms with Gasteiger partial charge in [0.05, 0.1) is 0 Å². The van der Waals surface area contributed by atoms with Gasteiger partial charge in [-0.2, -0.15) is 0 Å². The maximum absolute atomic E-state index is 12.0. The number of carbonyl (C=O) groups excluding carboxylic acids is 1. The second-order valence-electron chi connectivity index (χ2n) is 6.52. The maximum atomic E-state index is 12.0. The first kappa shape index (κ1) is 17.0. The van der Waals surface area contributed by atoms with E-state index in [4.69, 9.17) is 0 Å². The Morgan fingerprint density at radius 1 is 1.19 bits per heavy atom. The van der Waals surface area contributed by atoms with Crippen molar-refractivity contribution in [3.05, 3.63) is 29.8 Å². The van der Waals surface area contributed by atoms with Gasteiger partial charge in [-0.15, -0.1) is 0 Å². The molecule has 0 heterocycles. The number of anilines is 1. The van der Waals surface area contributed by atoms with Crippen LogP contribution in [0.25, 0.3) is 0 Å². The summed E-state index contributed by atoms with van der Waals surface area (Å²) in [5.74, 6) is -0.690. The summed E-state index contributed by atoms with van der Waals surface area (Å²) < 4.78 is 0. The molecule has 21 heavy (non-hydrogen) atoms. The van der Waals surface area contributed by atoms with Gasteiger partial charge in [-0.3, -0.25) is 0 Å². The van der Waals surface area contributed by atoms with Gasteiger partial charge in [0.1, 0.15) is 6.04 Å². The summed E-state index contributed by atoms with van der Waals surface area (Å²) in [4.78, 5) is 23.2. The number of carboxylic acids is 1. The third kappa shape index (κ3) is 5.10. The Labute approximate surface area is 125 Å². The SMILES string of the molecule is CC(C)c1cccc(NC(=O)N[C@@H](C(=O)O)C(C)(C)C)c1. The van der Waals surface area contributed by atoms with Crippen molar-refractivity contribution >= 4 is 17.7 Å². The molecule has 0 saturated heterocycles.